The van der Waals surface area contributed by atoms with Gasteiger partial charge in [0.15, 0.2) is 0 Å². The van der Waals surface area contributed by atoms with Crippen LogP contribution in [0.25, 0.3) is 0 Å². The van der Waals surface area contributed by atoms with Gasteiger partial charge in [0.05, 0.1) is 0 Å². The maximum atomic E-state index is 5.28. The molecule has 3 heteroatoms. The number of rotatable bonds is 12. The number of hydrogen-bond acceptors (Lipinski definition) is 3. The van der Waals surface area contributed by atoms with Crippen LogP contribution in [-0.4, -0.2) is 37.8 Å². The lowest BCUT2D eigenvalue weighted by atomic mass is 10.2. The molecule has 0 unspecified atom stereocenters. The van der Waals surface area contributed by atoms with Gasteiger partial charge in [-0.25, -0.2) is 0 Å². The molecule has 0 aromatic carbocycles. The first-order chi connectivity index (χ1) is 7.77. The summed E-state index contributed by atoms with van der Waals surface area (Å²) < 4.78 is 5.28. The summed E-state index contributed by atoms with van der Waals surface area (Å²) in [6.45, 7) is 10.7. The van der Waals surface area contributed by atoms with Gasteiger partial charge in [-0.1, -0.05) is 13.8 Å². The van der Waals surface area contributed by atoms with E-state index in [0.717, 1.165) is 32.2 Å². The fourth-order valence-electron chi connectivity index (χ4n) is 1.29. The second kappa shape index (κ2) is 13.3. The Kier molecular flexibility index (Phi) is 13.6. The molecule has 0 aromatic heterocycles. The van der Waals surface area contributed by atoms with Crippen LogP contribution >= 0.6 is 11.8 Å². The van der Waals surface area contributed by atoms with Crippen molar-refractivity contribution in [3.8, 4) is 0 Å². The quantitative estimate of drug-likeness (QED) is 0.535. The van der Waals surface area contributed by atoms with E-state index in [1.54, 1.807) is 0 Å². The van der Waals surface area contributed by atoms with Gasteiger partial charge in [0, 0.05) is 25.5 Å². The zero-order valence-corrected chi connectivity index (χ0v) is 12.1. The monoisotopic (exact) mass is 247 g/mol. The summed E-state index contributed by atoms with van der Waals surface area (Å²) in [5.74, 6) is 3.40. The van der Waals surface area contributed by atoms with Crippen molar-refractivity contribution in [2.45, 2.75) is 40.0 Å². The van der Waals surface area contributed by atoms with Crippen LogP contribution in [0.1, 0.15) is 40.0 Å². The highest BCUT2D eigenvalue weighted by atomic mass is 32.2. The number of hydrogen-bond donors (Lipinski definition) is 1. The molecule has 0 fully saturated rings. The Hall–Kier alpha value is 0.270. The normalized spacial score (nSPS) is 11.2. The highest BCUT2D eigenvalue weighted by Crippen LogP contribution is 2.07. The van der Waals surface area contributed by atoms with Crippen molar-refractivity contribution in [1.29, 1.82) is 0 Å². The number of unbranched alkanes of at least 4 members (excludes halogenated alkanes) is 1. The maximum Gasteiger partial charge on any atom is 0.0466 e. The molecule has 0 amide bonds. The molecule has 0 radical (unpaired) electrons. The lowest BCUT2D eigenvalue weighted by Gasteiger charge is -2.06. The minimum atomic E-state index is 0.846. The van der Waals surface area contributed by atoms with Gasteiger partial charge in [-0.2, -0.15) is 11.8 Å². The lowest BCUT2D eigenvalue weighted by molar-refractivity contribution is 0.143. The van der Waals surface area contributed by atoms with Crippen LogP contribution in [0.3, 0.4) is 0 Å². The first kappa shape index (κ1) is 16.3. The Morgan fingerprint density at radius 3 is 2.62 bits per heavy atom. The fourth-order valence-corrected chi connectivity index (χ4v) is 2.42. The summed E-state index contributed by atoms with van der Waals surface area (Å²) in [4.78, 5) is 0. The van der Waals surface area contributed by atoms with Crippen LogP contribution < -0.4 is 5.32 Å². The van der Waals surface area contributed by atoms with Gasteiger partial charge in [-0.15, -0.1) is 0 Å². The fraction of sp³-hybridized carbons (Fsp3) is 1.00. The van der Waals surface area contributed by atoms with Gasteiger partial charge in [-0.05, 0) is 44.4 Å². The zero-order chi connectivity index (χ0) is 12.1. The third-order valence-electron chi connectivity index (χ3n) is 2.36. The van der Waals surface area contributed by atoms with E-state index in [9.17, 15) is 0 Å². The van der Waals surface area contributed by atoms with Gasteiger partial charge in [-0.3, -0.25) is 0 Å². The van der Waals surface area contributed by atoms with Gasteiger partial charge in [0.2, 0.25) is 0 Å². The second-order valence-corrected chi connectivity index (χ2v) is 5.67. The molecule has 98 valence electrons. The zero-order valence-electron chi connectivity index (χ0n) is 11.3. The lowest BCUT2D eigenvalue weighted by Crippen LogP contribution is -2.19. The highest BCUT2D eigenvalue weighted by molar-refractivity contribution is 7.99. The summed E-state index contributed by atoms with van der Waals surface area (Å²) >= 11 is 2.07. The van der Waals surface area contributed by atoms with Gasteiger partial charge in [0.25, 0.3) is 0 Å². The topological polar surface area (TPSA) is 21.3 Å². The Labute approximate surface area is 106 Å². The minimum absolute atomic E-state index is 0.846. The summed E-state index contributed by atoms with van der Waals surface area (Å²) in [5, 5.41) is 3.47. The van der Waals surface area contributed by atoms with Crippen molar-refractivity contribution >= 4 is 11.8 Å². The van der Waals surface area contributed by atoms with E-state index >= 15 is 0 Å². The van der Waals surface area contributed by atoms with Crippen LogP contribution in [0.2, 0.25) is 0 Å². The Morgan fingerprint density at radius 2 is 1.94 bits per heavy atom. The first-order valence-corrected chi connectivity index (χ1v) is 7.79. The number of ether oxygens (including phenoxy) is 1. The number of nitrogens with one attached hydrogen (secondary N) is 1. The highest BCUT2D eigenvalue weighted by Gasteiger charge is 1.94. The van der Waals surface area contributed by atoms with Crippen molar-refractivity contribution in [1.82, 2.24) is 5.32 Å². The molecule has 0 bridgehead atoms. The van der Waals surface area contributed by atoms with Crippen molar-refractivity contribution in [3.63, 3.8) is 0 Å². The second-order valence-electron chi connectivity index (χ2n) is 4.45. The summed E-state index contributed by atoms with van der Waals surface area (Å²) in [7, 11) is 0. The largest absolute Gasteiger partial charge is 0.382 e. The third kappa shape index (κ3) is 14.3. The molecular formula is C13H29NOS. The van der Waals surface area contributed by atoms with Crippen molar-refractivity contribution in [3.05, 3.63) is 0 Å². The van der Waals surface area contributed by atoms with E-state index in [-0.39, 0.29) is 0 Å². The molecule has 0 aliphatic carbocycles. The molecule has 0 aromatic rings. The Balaban J connectivity index is 2.88. The van der Waals surface area contributed by atoms with Gasteiger partial charge in [0.1, 0.15) is 0 Å². The summed E-state index contributed by atoms with van der Waals surface area (Å²) in [6.07, 6.45) is 3.76. The molecule has 0 spiro atoms. The summed E-state index contributed by atoms with van der Waals surface area (Å²) in [6, 6.07) is 0. The van der Waals surface area contributed by atoms with Gasteiger partial charge >= 0.3 is 0 Å². The molecule has 0 aliphatic rings. The first-order valence-electron chi connectivity index (χ1n) is 6.63. The molecule has 1 N–H and O–H groups in total. The smallest absolute Gasteiger partial charge is 0.0466 e. The van der Waals surface area contributed by atoms with E-state index < -0.39 is 0 Å². The average Bonchev–Trinajstić information content (AvgIpc) is 2.25. The van der Waals surface area contributed by atoms with Crippen LogP contribution in [0.15, 0.2) is 0 Å². The van der Waals surface area contributed by atoms with Crippen molar-refractivity contribution in [2.24, 2.45) is 5.92 Å². The van der Waals surface area contributed by atoms with Crippen molar-refractivity contribution < 1.29 is 4.74 Å². The summed E-state index contributed by atoms with van der Waals surface area (Å²) in [5.41, 5.74) is 0. The molecule has 0 atom stereocenters. The van der Waals surface area contributed by atoms with E-state index in [0.29, 0.717) is 0 Å². The molecule has 16 heavy (non-hydrogen) atoms. The molecular weight excluding hydrogens is 218 g/mol. The molecule has 2 nitrogen and oxygen atoms in total. The van der Waals surface area contributed by atoms with E-state index in [4.69, 9.17) is 4.74 Å². The standard InChI is InChI=1S/C13H29NOS/c1-4-15-10-6-5-8-14-9-12-16-11-7-13(2)3/h13-14H,4-12H2,1-3H3. The van der Waals surface area contributed by atoms with Crippen LogP contribution in [0.5, 0.6) is 0 Å². The molecule has 0 heterocycles. The third-order valence-corrected chi connectivity index (χ3v) is 3.38. The SMILES string of the molecule is CCOCCCCNCCSCCC(C)C. The average molecular weight is 247 g/mol. The molecule has 0 aliphatic heterocycles. The molecule has 0 rings (SSSR count). The van der Waals surface area contributed by atoms with E-state index in [2.05, 4.69) is 30.9 Å². The predicted octanol–water partition coefficient (Wildman–Crippen LogP) is 3.17. The van der Waals surface area contributed by atoms with E-state index in [1.807, 2.05) is 6.92 Å². The van der Waals surface area contributed by atoms with Crippen LogP contribution in [0, 0.1) is 5.92 Å². The van der Waals surface area contributed by atoms with Crippen LogP contribution in [0.4, 0.5) is 0 Å². The molecule has 0 saturated heterocycles. The Bertz CT molecular complexity index is 131. The van der Waals surface area contributed by atoms with E-state index in [1.165, 1.54) is 30.8 Å². The Morgan fingerprint density at radius 1 is 1.12 bits per heavy atom. The molecule has 0 saturated carbocycles. The minimum Gasteiger partial charge on any atom is -0.382 e. The van der Waals surface area contributed by atoms with Crippen molar-refractivity contribution in [2.75, 3.05) is 37.8 Å². The van der Waals surface area contributed by atoms with Gasteiger partial charge < -0.3 is 10.1 Å². The predicted molar refractivity (Wildman–Crippen MR) is 75.4 cm³/mol. The maximum absolute atomic E-state index is 5.28. The number of thioether (sulfide) groups is 1. The van der Waals surface area contributed by atoms with Crippen LogP contribution in [-0.2, 0) is 4.74 Å².